The molecule has 2 heterocycles. The number of amides is 2. The first kappa shape index (κ1) is 17.4. The Balaban J connectivity index is 1.74. The predicted octanol–water partition coefficient (Wildman–Crippen LogP) is 4.07. The van der Waals surface area contributed by atoms with Gasteiger partial charge in [-0.15, -0.1) is 11.3 Å². The highest BCUT2D eigenvalue weighted by Crippen LogP contribution is 2.27. The number of aromatic nitrogens is 1. The van der Waals surface area contributed by atoms with Crippen molar-refractivity contribution < 1.29 is 9.59 Å². The van der Waals surface area contributed by atoms with Gasteiger partial charge in [0.05, 0.1) is 21.6 Å². The summed E-state index contributed by atoms with van der Waals surface area (Å²) in [6.45, 7) is 3.75. The van der Waals surface area contributed by atoms with E-state index in [1.165, 1.54) is 11.3 Å². The van der Waals surface area contributed by atoms with Crippen LogP contribution in [0.3, 0.4) is 0 Å². The van der Waals surface area contributed by atoms with Gasteiger partial charge in [0.15, 0.2) is 0 Å². The van der Waals surface area contributed by atoms with Crippen LogP contribution in [0.1, 0.15) is 23.4 Å². The summed E-state index contributed by atoms with van der Waals surface area (Å²) in [6, 6.07) is 10.6. The lowest BCUT2D eigenvalue weighted by atomic mass is 10.1. The van der Waals surface area contributed by atoms with E-state index in [1.54, 1.807) is 31.3 Å². The van der Waals surface area contributed by atoms with Crippen LogP contribution in [-0.2, 0) is 9.59 Å². The molecule has 0 spiro atoms. The lowest BCUT2D eigenvalue weighted by molar-refractivity contribution is -0.136. The molecule has 1 aromatic carbocycles. The fourth-order valence-electron chi connectivity index (χ4n) is 2.50. The zero-order chi connectivity index (χ0) is 18.0. The highest BCUT2D eigenvalue weighted by molar-refractivity contribution is 7.16. The fraction of sp³-hybridized carbons (Fsp3) is 0.167. The third kappa shape index (κ3) is 3.81. The average molecular weight is 374 g/mol. The minimum Gasteiger partial charge on any atom is -0.340 e. The van der Waals surface area contributed by atoms with E-state index in [1.807, 2.05) is 25.1 Å². The molecule has 0 unspecified atom stereocenters. The van der Waals surface area contributed by atoms with Crippen molar-refractivity contribution >= 4 is 51.3 Å². The minimum absolute atomic E-state index is 0.299. The zero-order valence-corrected chi connectivity index (χ0v) is 15.2. The smallest absolute Gasteiger partial charge is 0.313 e. The van der Waals surface area contributed by atoms with Crippen molar-refractivity contribution in [1.82, 2.24) is 10.3 Å². The van der Waals surface area contributed by atoms with Crippen LogP contribution in [-0.4, -0.2) is 16.8 Å². The highest BCUT2D eigenvalue weighted by Gasteiger charge is 2.19. The Morgan fingerprint density at radius 3 is 2.68 bits per heavy atom. The Labute approximate surface area is 154 Å². The van der Waals surface area contributed by atoms with Crippen molar-refractivity contribution in [3.63, 3.8) is 0 Å². The van der Waals surface area contributed by atoms with Crippen LogP contribution in [0.25, 0.3) is 10.9 Å². The summed E-state index contributed by atoms with van der Waals surface area (Å²) in [5.41, 5.74) is 2.35. The first-order valence-electron chi connectivity index (χ1n) is 7.67. The number of pyridine rings is 1. The molecular weight excluding hydrogens is 358 g/mol. The topological polar surface area (TPSA) is 71.1 Å². The largest absolute Gasteiger partial charge is 0.340 e. The third-order valence-electron chi connectivity index (χ3n) is 3.79. The quantitative estimate of drug-likeness (QED) is 0.680. The van der Waals surface area contributed by atoms with E-state index in [2.05, 4.69) is 15.6 Å². The third-order valence-corrected chi connectivity index (χ3v) is 5.21. The maximum absolute atomic E-state index is 12.2. The number of hydrogen-bond acceptors (Lipinski definition) is 4. The average Bonchev–Trinajstić information content (AvgIpc) is 3.04. The molecule has 0 aliphatic heterocycles. The standard InChI is InChI=1S/C18H16ClN3O2S/c1-10-5-6-13(12-4-3-9-20-16(10)12)22-18(24)17(23)21-11(2)14-7-8-15(19)25-14/h3-9,11H,1-2H3,(H,21,23)(H,22,24)/t11-/m1/s1. The summed E-state index contributed by atoms with van der Waals surface area (Å²) in [6.07, 6.45) is 1.70. The monoisotopic (exact) mass is 373 g/mol. The summed E-state index contributed by atoms with van der Waals surface area (Å²) in [4.78, 5) is 29.6. The van der Waals surface area contributed by atoms with Crippen molar-refractivity contribution in [2.75, 3.05) is 5.32 Å². The second-order valence-electron chi connectivity index (χ2n) is 5.62. The maximum Gasteiger partial charge on any atom is 0.313 e. The van der Waals surface area contributed by atoms with Crippen molar-refractivity contribution in [3.05, 3.63) is 57.4 Å². The number of nitrogens with zero attached hydrogens (tertiary/aromatic N) is 1. The molecule has 3 aromatic rings. The number of halogens is 1. The molecule has 0 radical (unpaired) electrons. The molecule has 2 aromatic heterocycles. The molecule has 0 saturated heterocycles. The van der Waals surface area contributed by atoms with Gasteiger partial charge in [-0.05, 0) is 49.7 Å². The van der Waals surface area contributed by atoms with Gasteiger partial charge >= 0.3 is 11.8 Å². The number of aryl methyl sites for hydroxylation is 1. The Bertz CT molecular complexity index is 954. The first-order valence-corrected chi connectivity index (χ1v) is 8.86. The SMILES string of the molecule is Cc1ccc(NC(=O)C(=O)N[C@H](C)c2ccc(Cl)s2)c2cccnc12. The predicted molar refractivity (Wildman–Crippen MR) is 101 cm³/mol. The van der Waals surface area contributed by atoms with Gasteiger partial charge in [0.1, 0.15) is 0 Å². The second-order valence-corrected chi connectivity index (χ2v) is 7.37. The number of benzene rings is 1. The molecule has 1 atom stereocenters. The summed E-state index contributed by atoms with van der Waals surface area (Å²) >= 11 is 7.27. The molecule has 0 aliphatic rings. The van der Waals surface area contributed by atoms with Gasteiger partial charge in [-0.2, -0.15) is 0 Å². The van der Waals surface area contributed by atoms with Crippen molar-refractivity contribution in [1.29, 1.82) is 0 Å². The summed E-state index contributed by atoms with van der Waals surface area (Å²) in [5.74, 6) is -1.42. The molecule has 3 rings (SSSR count). The van der Waals surface area contributed by atoms with Gasteiger partial charge < -0.3 is 10.6 Å². The van der Waals surface area contributed by atoms with Crippen molar-refractivity contribution in [3.8, 4) is 0 Å². The summed E-state index contributed by atoms with van der Waals surface area (Å²) in [5, 5.41) is 6.13. The van der Waals surface area contributed by atoms with E-state index < -0.39 is 11.8 Å². The molecule has 25 heavy (non-hydrogen) atoms. The molecule has 7 heteroatoms. The van der Waals surface area contributed by atoms with Crippen LogP contribution in [0.2, 0.25) is 4.34 Å². The zero-order valence-electron chi connectivity index (χ0n) is 13.7. The van der Waals surface area contributed by atoms with Crippen molar-refractivity contribution in [2.24, 2.45) is 0 Å². The van der Waals surface area contributed by atoms with E-state index in [-0.39, 0.29) is 6.04 Å². The van der Waals surface area contributed by atoms with E-state index >= 15 is 0 Å². The summed E-state index contributed by atoms with van der Waals surface area (Å²) < 4.78 is 0.638. The van der Waals surface area contributed by atoms with Crippen LogP contribution < -0.4 is 10.6 Å². The number of fused-ring (bicyclic) bond motifs is 1. The minimum atomic E-state index is -0.719. The van der Waals surface area contributed by atoms with E-state index in [0.717, 1.165) is 21.3 Å². The first-order chi connectivity index (χ1) is 12.0. The molecule has 0 saturated carbocycles. The van der Waals surface area contributed by atoms with Crippen LogP contribution >= 0.6 is 22.9 Å². The maximum atomic E-state index is 12.2. The number of hydrogen-bond donors (Lipinski definition) is 2. The molecular formula is C18H16ClN3O2S. The van der Waals surface area contributed by atoms with Gasteiger partial charge in [-0.3, -0.25) is 14.6 Å². The van der Waals surface area contributed by atoms with E-state index in [4.69, 9.17) is 11.6 Å². The number of thiophene rings is 1. The van der Waals surface area contributed by atoms with Gasteiger partial charge in [-0.1, -0.05) is 17.7 Å². The molecule has 5 nitrogen and oxygen atoms in total. The normalized spacial score (nSPS) is 12.0. The number of nitrogens with one attached hydrogen (secondary N) is 2. The number of rotatable bonds is 3. The Hall–Kier alpha value is -2.44. The molecule has 2 amide bonds. The second kappa shape index (κ2) is 7.21. The number of carbonyl (C=O) groups is 2. The van der Waals surface area contributed by atoms with Gasteiger partial charge in [-0.25, -0.2) is 0 Å². The van der Waals surface area contributed by atoms with Crippen molar-refractivity contribution in [2.45, 2.75) is 19.9 Å². The highest BCUT2D eigenvalue weighted by atomic mass is 35.5. The van der Waals surface area contributed by atoms with Crippen LogP contribution in [0.4, 0.5) is 5.69 Å². The van der Waals surface area contributed by atoms with Gasteiger partial charge in [0.25, 0.3) is 0 Å². The molecule has 2 N–H and O–H groups in total. The van der Waals surface area contributed by atoms with Crippen LogP contribution in [0.15, 0.2) is 42.6 Å². The Morgan fingerprint density at radius 2 is 1.96 bits per heavy atom. The van der Waals surface area contributed by atoms with Gasteiger partial charge in [0, 0.05) is 16.5 Å². The Kier molecular flexibility index (Phi) is 5.01. The van der Waals surface area contributed by atoms with Gasteiger partial charge in [0.2, 0.25) is 0 Å². The van der Waals surface area contributed by atoms with Crippen LogP contribution in [0.5, 0.6) is 0 Å². The number of anilines is 1. The molecule has 128 valence electrons. The number of carbonyl (C=O) groups excluding carboxylic acids is 2. The molecule has 0 aliphatic carbocycles. The lowest BCUT2D eigenvalue weighted by Crippen LogP contribution is -2.36. The molecule has 0 fully saturated rings. The summed E-state index contributed by atoms with van der Waals surface area (Å²) in [7, 11) is 0. The fourth-order valence-corrected chi connectivity index (χ4v) is 3.56. The molecule has 0 bridgehead atoms. The van der Waals surface area contributed by atoms with E-state index in [9.17, 15) is 9.59 Å². The van der Waals surface area contributed by atoms with E-state index in [0.29, 0.717) is 10.0 Å². The lowest BCUT2D eigenvalue weighted by Gasteiger charge is -2.13. The van der Waals surface area contributed by atoms with Crippen LogP contribution in [0, 0.1) is 6.92 Å². The Morgan fingerprint density at radius 1 is 1.16 bits per heavy atom.